The summed E-state index contributed by atoms with van der Waals surface area (Å²) in [7, 11) is 1.22. The number of carboxylic acids is 2. The van der Waals surface area contributed by atoms with E-state index < -0.39 is 150 Å². The van der Waals surface area contributed by atoms with Crippen LogP contribution in [0.5, 0.6) is 0 Å². The van der Waals surface area contributed by atoms with E-state index >= 15 is 0 Å². The Bertz CT molecular complexity index is 2170. The summed E-state index contributed by atoms with van der Waals surface area (Å²) in [6.45, 7) is 8.03. The summed E-state index contributed by atoms with van der Waals surface area (Å²) in [5.74, 6) is -11.2. The Kier molecular flexibility index (Phi) is 28.4. The van der Waals surface area contributed by atoms with Crippen LogP contribution in [0.25, 0.3) is 0 Å². The lowest BCUT2D eigenvalue weighted by molar-refractivity contribution is -0.146. The van der Waals surface area contributed by atoms with Crippen LogP contribution in [0.1, 0.15) is 195 Å². The van der Waals surface area contributed by atoms with Crippen LogP contribution in [0.15, 0.2) is 0 Å². The van der Waals surface area contributed by atoms with Gasteiger partial charge in [0.15, 0.2) is 0 Å². The molecule has 9 amide bonds. The first-order valence-electron chi connectivity index (χ1n) is 30.3. The molecule has 4 aliphatic rings. The summed E-state index contributed by atoms with van der Waals surface area (Å²) in [5.41, 5.74) is 11.9. The highest BCUT2D eigenvalue weighted by Gasteiger charge is 2.40. The fourth-order valence-electron chi connectivity index (χ4n) is 12.1. The van der Waals surface area contributed by atoms with E-state index in [4.69, 9.17) is 11.5 Å². The highest BCUT2D eigenvalue weighted by Crippen LogP contribution is 2.31. The first-order chi connectivity index (χ1) is 38.7. The van der Waals surface area contributed by atoms with Crippen LogP contribution in [0.4, 0.5) is 0 Å². The number of aliphatic carboxylic acids is 2. The molecule has 4 fully saturated rings. The van der Waals surface area contributed by atoms with E-state index in [1.54, 1.807) is 27.7 Å². The van der Waals surface area contributed by atoms with E-state index in [0.717, 1.165) is 88.4 Å². The van der Waals surface area contributed by atoms with Crippen LogP contribution < -0.4 is 48.7 Å². The minimum absolute atomic E-state index is 0.0121. The number of aliphatic hydroxyl groups excluding tert-OH is 1. The third kappa shape index (κ3) is 22.7. The van der Waals surface area contributed by atoms with Crippen molar-refractivity contribution in [1.29, 1.82) is 0 Å². The zero-order valence-electron chi connectivity index (χ0n) is 49.3. The van der Waals surface area contributed by atoms with Gasteiger partial charge in [0.1, 0.15) is 48.3 Å². The molecule has 0 radical (unpaired) electrons. The molecule has 4 rings (SSSR count). The second kappa shape index (κ2) is 34.0. The van der Waals surface area contributed by atoms with Gasteiger partial charge in [0.2, 0.25) is 53.2 Å². The maximum absolute atomic E-state index is 14.8. The van der Waals surface area contributed by atoms with Crippen molar-refractivity contribution in [2.75, 3.05) is 7.05 Å². The molecule has 14 N–H and O–H groups in total. The number of carboxylic acid groups (broad SMARTS) is 2. The summed E-state index contributed by atoms with van der Waals surface area (Å²) >= 11 is 0. The lowest BCUT2D eigenvalue weighted by Crippen LogP contribution is -2.61. The number of nitrogens with two attached hydrogens (primary N) is 2. The standard InChI is InChI=1S/C58H98N10O14/c1-32(2)48(66-51(74)40(59)26-35-16-10-7-11-17-35)56(79)64-43(28-37-20-14-9-15-21-37)53(76)61-42(29-38-22-24-39(69)25-23-38)52(75)63-44(31-47(71)72)55(78)62-41(27-36-18-12-8-13-19-36)54(77)65-45(30-46(60)70)57(80)68(6)34(5)50(73)67-49(33(3)4)58(81)82/h32-45,48-49,69H,7-31,59H2,1-6H3,(H2,60,70)(H,61,76)(H,62,78)(H,63,75)(H,64,79)(H,65,77)(H,66,74)(H,67,73)(H,71,72)(H,81,82). The lowest BCUT2D eigenvalue weighted by Gasteiger charge is -2.33. The molecule has 0 spiro atoms. The number of nitrogens with one attached hydrogen (secondary N) is 7. The van der Waals surface area contributed by atoms with E-state index in [-0.39, 0.29) is 37.0 Å². The molecule has 0 aromatic heterocycles. The third-order valence-corrected chi connectivity index (χ3v) is 17.3. The van der Waals surface area contributed by atoms with Crippen molar-refractivity contribution in [3.63, 3.8) is 0 Å². The Labute approximate surface area is 483 Å². The second-order valence-electron chi connectivity index (χ2n) is 24.7. The van der Waals surface area contributed by atoms with Gasteiger partial charge in [-0.2, -0.15) is 0 Å². The van der Waals surface area contributed by atoms with Crippen LogP contribution in [0.3, 0.4) is 0 Å². The molecule has 464 valence electrons. The summed E-state index contributed by atoms with van der Waals surface area (Å²) < 4.78 is 0. The number of hydrogen-bond donors (Lipinski definition) is 12. The van der Waals surface area contributed by atoms with Gasteiger partial charge in [0.05, 0.1) is 25.0 Å². The number of likely N-dealkylation sites (N-methyl/N-ethyl adjacent to an activating group) is 1. The zero-order chi connectivity index (χ0) is 60.8. The van der Waals surface area contributed by atoms with Crippen molar-refractivity contribution in [2.45, 2.75) is 256 Å². The Morgan fingerprint density at radius 2 is 0.805 bits per heavy atom. The fraction of sp³-hybridized carbons (Fsp3) is 0.810. The molecule has 9 atom stereocenters. The number of aliphatic hydroxyl groups is 1. The fourth-order valence-corrected chi connectivity index (χ4v) is 12.1. The normalized spacial score (nSPS) is 21.6. The van der Waals surface area contributed by atoms with Crippen molar-refractivity contribution in [3.8, 4) is 0 Å². The van der Waals surface area contributed by atoms with Crippen LogP contribution in [0.2, 0.25) is 0 Å². The molecule has 0 aliphatic heterocycles. The smallest absolute Gasteiger partial charge is 0.326 e. The minimum atomic E-state index is -1.83. The average Bonchev–Trinajstić information content (AvgIpc) is 3.46. The Hall–Kier alpha value is -5.91. The molecule has 0 saturated heterocycles. The first-order valence-corrected chi connectivity index (χ1v) is 30.3. The predicted molar refractivity (Wildman–Crippen MR) is 303 cm³/mol. The maximum Gasteiger partial charge on any atom is 0.326 e. The number of carbonyl (C=O) groups excluding carboxylic acids is 9. The Balaban J connectivity index is 1.61. The molecule has 9 unspecified atom stereocenters. The van der Waals surface area contributed by atoms with E-state index in [2.05, 4.69) is 37.2 Å². The predicted octanol–water partition coefficient (Wildman–Crippen LogP) is 2.15. The summed E-state index contributed by atoms with van der Waals surface area (Å²) in [5, 5.41) is 48.8. The minimum Gasteiger partial charge on any atom is -0.481 e. The number of nitrogens with zero attached hydrogens (tertiary/aromatic N) is 1. The maximum atomic E-state index is 14.8. The van der Waals surface area contributed by atoms with Crippen LogP contribution in [0, 0.1) is 35.5 Å². The van der Waals surface area contributed by atoms with Gasteiger partial charge in [-0.3, -0.25) is 47.9 Å². The van der Waals surface area contributed by atoms with Gasteiger partial charge in [-0.15, -0.1) is 0 Å². The molecule has 82 heavy (non-hydrogen) atoms. The molecule has 0 aromatic carbocycles. The highest BCUT2D eigenvalue weighted by molar-refractivity contribution is 5.99. The number of rotatable bonds is 31. The molecular weight excluding hydrogens is 1060 g/mol. The first kappa shape index (κ1) is 68.6. The highest BCUT2D eigenvalue weighted by atomic mass is 16.4. The molecule has 0 bridgehead atoms. The quantitative estimate of drug-likeness (QED) is 0.0473. The average molecular weight is 1160 g/mol. The molecule has 4 saturated carbocycles. The van der Waals surface area contributed by atoms with Gasteiger partial charge in [-0.05, 0) is 93.8 Å². The summed E-state index contributed by atoms with van der Waals surface area (Å²) in [6.07, 6.45) is 13.9. The summed E-state index contributed by atoms with van der Waals surface area (Å²) in [4.78, 5) is 151. The molecular formula is C58H98N10O14. The lowest BCUT2D eigenvalue weighted by atomic mass is 9.82. The van der Waals surface area contributed by atoms with Gasteiger partial charge in [-0.1, -0.05) is 124 Å². The van der Waals surface area contributed by atoms with E-state index in [1.165, 1.54) is 14.0 Å². The van der Waals surface area contributed by atoms with Gasteiger partial charge in [0, 0.05) is 7.05 Å². The van der Waals surface area contributed by atoms with Gasteiger partial charge >= 0.3 is 11.9 Å². The molecule has 4 aliphatic carbocycles. The van der Waals surface area contributed by atoms with E-state index in [1.807, 2.05) is 0 Å². The third-order valence-electron chi connectivity index (χ3n) is 17.3. The van der Waals surface area contributed by atoms with Gasteiger partial charge < -0.3 is 68.9 Å². The number of primary amides is 1. The molecule has 24 heteroatoms. The van der Waals surface area contributed by atoms with Crippen LogP contribution >= 0.6 is 0 Å². The van der Waals surface area contributed by atoms with Crippen molar-refractivity contribution >= 4 is 65.1 Å². The topological polar surface area (TPSA) is 388 Å². The van der Waals surface area contributed by atoms with Crippen molar-refractivity contribution in [3.05, 3.63) is 0 Å². The van der Waals surface area contributed by atoms with Crippen molar-refractivity contribution in [2.24, 2.45) is 47.0 Å². The van der Waals surface area contributed by atoms with Gasteiger partial charge in [0.25, 0.3) is 0 Å². The molecule has 0 aromatic rings. The Morgan fingerprint density at radius 3 is 1.21 bits per heavy atom. The van der Waals surface area contributed by atoms with Crippen LogP contribution in [-0.4, -0.2) is 153 Å². The molecule has 0 heterocycles. The number of amides is 9. The van der Waals surface area contributed by atoms with E-state index in [9.17, 15) is 68.1 Å². The SMILES string of the molecule is CC(C)C(NC(=O)C(C)N(C)C(=O)C(CC(N)=O)NC(=O)C(CC1CCCCC1)NC(=O)C(CC(=O)O)NC(=O)C(CC1CCC(O)CC1)NC(=O)C(CC1CCCCC1)NC(=O)C(NC(=O)C(N)CC1CCCCC1)C(C)C)C(=O)O. The Morgan fingerprint density at radius 1 is 0.439 bits per heavy atom. The van der Waals surface area contributed by atoms with Gasteiger partial charge in [-0.25, -0.2) is 4.79 Å². The monoisotopic (exact) mass is 1160 g/mol. The number of hydrogen-bond acceptors (Lipinski definition) is 13. The second-order valence-corrected chi connectivity index (χ2v) is 24.7. The number of carbonyl (C=O) groups is 11. The largest absolute Gasteiger partial charge is 0.481 e. The van der Waals surface area contributed by atoms with Crippen LogP contribution in [-0.2, 0) is 52.7 Å². The van der Waals surface area contributed by atoms with Crippen molar-refractivity contribution < 1.29 is 68.1 Å². The zero-order valence-corrected chi connectivity index (χ0v) is 49.3. The summed E-state index contributed by atoms with van der Waals surface area (Å²) in [6, 6.07) is -12.0. The molecule has 24 nitrogen and oxygen atoms in total. The van der Waals surface area contributed by atoms with E-state index in [0.29, 0.717) is 50.9 Å². The van der Waals surface area contributed by atoms with Crippen molar-refractivity contribution in [1.82, 2.24) is 42.1 Å².